The first-order valence-electron chi connectivity index (χ1n) is 7.86. The van der Waals surface area contributed by atoms with E-state index in [1.165, 1.54) is 44.9 Å². The summed E-state index contributed by atoms with van der Waals surface area (Å²) in [4.78, 5) is 0. The van der Waals surface area contributed by atoms with Gasteiger partial charge in [0, 0.05) is 12.6 Å². The monoisotopic (exact) mass is 281 g/mol. The van der Waals surface area contributed by atoms with Crippen LogP contribution in [0.15, 0.2) is 22.8 Å². The van der Waals surface area contributed by atoms with Gasteiger partial charge in [0.15, 0.2) is 0 Å². The third-order valence-electron chi connectivity index (χ3n) is 3.88. The number of aliphatic hydroxyl groups excluding tert-OH is 1. The molecular weight excluding hydrogens is 254 g/mol. The number of hydrogen-bond acceptors (Lipinski definition) is 4. The van der Waals surface area contributed by atoms with Crippen LogP contribution in [0.2, 0.25) is 0 Å². The Morgan fingerprint density at radius 1 is 1.25 bits per heavy atom. The first kappa shape index (κ1) is 15.5. The van der Waals surface area contributed by atoms with Gasteiger partial charge in [-0.25, -0.2) is 0 Å². The number of ether oxygens (including phenoxy) is 1. The van der Waals surface area contributed by atoms with Crippen molar-refractivity contribution in [2.75, 3.05) is 13.2 Å². The molecule has 2 N–H and O–H groups in total. The van der Waals surface area contributed by atoms with E-state index in [-0.39, 0.29) is 0 Å². The van der Waals surface area contributed by atoms with Gasteiger partial charge in [0.1, 0.15) is 12.4 Å². The molecule has 0 saturated heterocycles. The van der Waals surface area contributed by atoms with Crippen molar-refractivity contribution in [2.24, 2.45) is 0 Å². The van der Waals surface area contributed by atoms with E-state index in [2.05, 4.69) is 5.32 Å². The molecular formula is C16H27NO3. The molecule has 2 rings (SSSR count). The van der Waals surface area contributed by atoms with E-state index in [1.54, 1.807) is 6.26 Å². The van der Waals surface area contributed by atoms with Gasteiger partial charge < -0.3 is 19.6 Å². The minimum absolute atomic E-state index is 0.348. The van der Waals surface area contributed by atoms with E-state index in [0.717, 1.165) is 5.76 Å². The van der Waals surface area contributed by atoms with Gasteiger partial charge in [0.05, 0.1) is 19.0 Å². The molecule has 0 radical (unpaired) electrons. The van der Waals surface area contributed by atoms with Crippen molar-refractivity contribution in [2.45, 2.75) is 63.7 Å². The highest BCUT2D eigenvalue weighted by Crippen LogP contribution is 2.17. The molecule has 4 heteroatoms. The second-order valence-corrected chi connectivity index (χ2v) is 5.70. The van der Waals surface area contributed by atoms with Crippen molar-refractivity contribution in [3.05, 3.63) is 24.2 Å². The average molecular weight is 281 g/mol. The number of aliphatic hydroxyl groups is 1. The van der Waals surface area contributed by atoms with Crippen LogP contribution < -0.4 is 5.32 Å². The van der Waals surface area contributed by atoms with E-state index in [4.69, 9.17) is 9.15 Å². The van der Waals surface area contributed by atoms with Crippen molar-refractivity contribution in [1.82, 2.24) is 5.32 Å². The average Bonchev–Trinajstić information content (AvgIpc) is 2.90. The third-order valence-corrected chi connectivity index (χ3v) is 3.88. The predicted octanol–water partition coefficient (Wildman–Crippen LogP) is 2.86. The second kappa shape index (κ2) is 9.16. The maximum Gasteiger partial charge on any atom is 0.129 e. The maximum absolute atomic E-state index is 9.92. The normalized spacial score (nSPS) is 19.4. The first-order chi connectivity index (χ1) is 9.84. The summed E-state index contributed by atoms with van der Waals surface area (Å²) in [5, 5.41) is 13.4. The fourth-order valence-corrected chi connectivity index (χ4v) is 2.71. The Morgan fingerprint density at radius 2 is 2.00 bits per heavy atom. The summed E-state index contributed by atoms with van der Waals surface area (Å²) in [7, 11) is 0. The summed E-state index contributed by atoms with van der Waals surface area (Å²) in [5.74, 6) is 0.796. The smallest absolute Gasteiger partial charge is 0.129 e. The summed E-state index contributed by atoms with van der Waals surface area (Å²) in [6, 6.07) is 4.28. The molecule has 1 fully saturated rings. The van der Waals surface area contributed by atoms with Crippen molar-refractivity contribution in [3.63, 3.8) is 0 Å². The lowest BCUT2D eigenvalue weighted by molar-refractivity contribution is 0.0212. The number of furan rings is 1. The molecule has 1 unspecified atom stereocenters. The van der Waals surface area contributed by atoms with Gasteiger partial charge in [-0.05, 0) is 25.0 Å². The lowest BCUT2D eigenvalue weighted by Crippen LogP contribution is -2.37. The topological polar surface area (TPSA) is 54.6 Å². The van der Waals surface area contributed by atoms with Crippen molar-refractivity contribution in [3.8, 4) is 0 Å². The van der Waals surface area contributed by atoms with Crippen LogP contribution in [-0.2, 0) is 11.3 Å². The summed E-state index contributed by atoms with van der Waals surface area (Å²) in [6.45, 7) is 1.39. The third kappa shape index (κ3) is 6.07. The van der Waals surface area contributed by atoms with Crippen LogP contribution in [-0.4, -0.2) is 30.4 Å². The fraction of sp³-hybridized carbons (Fsp3) is 0.750. The van der Waals surface area contributed by atoms with E-state index < -0.39 is 6.10 Å². The van der Waals surface area contributed by atoms with Crippen LogP contribution in [0.4, 0.5) is 0 Å². The van der Waals surface area contributed by atoms with Gasteiger partial charge >= 0.3 is 0 Å². The van der Waals surface area contributed by atoms with E-state index in [0.29, 0.717) is 25.8 Å². The predicted molar refractivity (Wildman–Crippen MR) is 78.5 cm³/mol. The number of hydrogen-bond donors (Lipinski definition) is 2. The van der Waals surface area contributed by atoms with E-state index in [1.807, 2.05) is 12.1 Å². The summed E-state index contributed by atoms with van der Waals surface area (Å²) < 4.78 is 10.6. The molecule has 1 aliphatic rings. The highest BCUT2D eigenvalue weighted by molar-refractivity contribution is 4.96. The summed E-state index contributed by atoms with van der Waals surface area (Å²) in [5.41, 5.74) is 0. The molecule has 4 nitrogen and oxygen atoms in total. The SMILES string of the molecule is OC(CNC1CCCCCCC1)COCc1ccco1. The van der Waals surface area contributed by atoms with Crippen LogP contribution in [0.5, 0.6) is 0 Å². The van der Waals surface area contributed by atoms with Gasteiger partial charge in [0.2, 0.25) is 0 Å². The maximum atomic E-state index is 9.92. The van der Waals surface area contributed by atoms with Gasteiger partial charge in [-0.3, -0.25) is 0 Å². The fourth-order valence-electron chi connectivity index (χ4n) is 2.71. The molecule has 1 heterocycles. The Balaban J connectivity index is 1.55. The van der Waals surface area contributed by atoms with Crippen LogP contribution in [0.3, 0.4) is 0 Å². The lowest BCUT2D eigenvalue weighted by Gasteiger charge is -2.22. The molecule has 1 atom stereocenters. The molecule has 0 aliphatic heterocycles. The molecule has 1 aliphatic carbocycles. The van der Waals surface area contributed by atoms with E-state index in [9.17, 15) is 5.11 Å². The van der Waals surface area contributed by atoms with Crippen molar-refractivity contribution >= 4 is 0 Å². The summed E-state index contributed by atoms with van der Waals surface area (Å²) in [6.07, 6.45) is 10.4. The molecule has 114 valence electrons. The van der Waals surface area contributed by atoms with Gasteiger partial charge in [-0.2, -0.15) is 0 Å². The molecule has 0 bridgehead atoms. The van der Waals surface area contributed by atoms with Gasteiger partial charge in [0.25, 0.3) is 0 Å². The molecule has 1 saturated carbocycles. The van der Waals surface area contributed by atoms with Crippen LogP contribution >= 0.6 is 0 Å². The second-order valence-electron chi connectivity index (χ2n) is 5.70. The Hall–Kier alpha value is -0.840. The Morgan fingerprint density at radius 3 is 2.70 bits per heavy atom. The number of nitrogens with one attached hydrogen (secondary N) is 1. The Kier molecular flexibility index (Phi) is 7.12. The molecule has 20 heavy (non-hydrogen) atoms. The first-order valence-corrected chi connectivity index (χ1v) is 7.86. The van der Waals surface area contributed by atoms with Gasteiger partial charge in [-0.15, -0.1) is 0 Å². The minimum atomic E-state index is -0.449. The molecule has 0 spiro atoms. The van der Waals surface area contributed by atoms with Crippen molar-refractivity contribution < 1.29 is 14.3 Å². The number of rotatable bonds is 7. The van der Waals surface area contributed by atoms with Crippen LogP contribution in [0.25, 0.3) is 0 Å². The highest BCUT2D eigenvalue weighted by atomic mass is 16.5. The minimum Gasteiger partial charge on any atom is -0.467 e. The zero-order chi connectivity index (χ0) is 14.0. The van der Waals surface area contributed by atoms with Crippen molar-refractivity contribution in [1.29, 1.82) is 0 Å². The lowest BCUT2D eigenvalue weighted by atomic mass is 9.97. The Labute approximate surface area is 121 Å². The molecule has 1 aromatic heterocycles. The Bertz CT molecular complexity index is 332. The summed E-state index contributed by atoms with van der Waals surface area (Å²) >= 11 is 0. The zero-order valence-electron chi connectivity index (χ0n) is 12.2. The zero-order valence-corrected chi connectivity index (χ0v) is 12.2. The quantitative estimate of drug-likeness (QED) is 0.807. The van der Waals surface area contributed by atoms with Gasteiger partial charge in [-0.1, -0.05) is 32.1 Å². The molecule has 1 aromatic rings. The molecule has 0 aromatic carbocycles. The highest BCUT2D eigenvalue weighted by Gasteiger charge is 2.13. The van der Waals surface area contributed by atoms with E-state index >= 15 is 0 Å². The molecule has 0 amide bonds. The largest absolute Gasteiger partial charge is 0.467 e. The standard InChI is InChI=1S/C16H27NO3/c18-15(12-19-13-16-9-6-10-20-16)11-17-14-7-4-2-1-3-5-8-14/h6,9-10,14-15,17-18H,1-5,7-8,11-13H2. The van der Waals surface area contributed by atoms with Crippen LogP contribution in [0.1, 0.15) is 50.7 Å². The van der Waals surface area contributed by atoms with Crippen LogP contribution in [0, 0.1) is 0 Å².